The molecule has 0 aromatic carbocycles. The summed E-state index contributed by atoms with van der Waals surface area (Å²) >= 11 is 0. The number of amides is 1. The second-order valence-electron chi connectivity index (χ2n) is 7.05. The van der Waals surface area contributed by atoms with E-state index in [1.165, 1.54) is 0 Å². The van der Waals surface area contributed by atoms with E-state index in [4.69, 9.17) is 4.74 Å². The first-order chi connectivity index (χ1) is 12.2. The van der Waals surface area contributed by atoms with E-state index in [9.17, 15) is 4.79 Å². The maximum atomic E-state index is 11.5. The van der Waals surface area contributed by atoms with E-state index < -0.39 is 11.7 Å². The lowest BCUT2D eigenvalue weighted by atomic mass is 10.2. The van der Waals surface area contributed by atoms with E-state index in [1.807, 2.05) is 51.9 Å². The highest BCUT2D eigenvalue weighted by atomic mass is 127. The van der Waals surface area contributed by atoms with E-state index in [0.717, 1.165) is 17.8 Å². The van der Waals surface area contributed by atoms with Crippen molar-refractivity contribution in [2.75, 3.05) is 39.1 Å². The molecule has 8 nitrogen and oxygen atoms in total. The predicted molar refractivity (Wildman–Crippen MR) is 121 cm³/mol. The van der Waals surface area contributed by atoms with Crippen LogP contribution in [0.2, 0.25) is 0 Å². The summed E-state index contributed by atoms with van der Waals surface area (Å²) in [4.78, 5) is 22.0. The quantitative estimate of drug-likeness (QED) is 0.234. The van der Waals surface area contributed by atoms with Gasteiger partial charge < -0.3 is 25.6 Å². The van der Waals surface area contributed by atoms with Gasteiger partial charge in [0.05, 0.1) is 0 Å². The highest BCUT2D eigenvalue weighted by Crippen LogP contribution is 2.09. The van der Waals surface area contributed by atoms with Crippen LogP contribution in [0.25, 0.3) is 0 Å². The van der Waals surface area contributed by atoms with E-state index in [2.05, 4.69) is 25.9 Å². The summed E-state index contributed by atoms with van der Waals surface area (Å²) in [5.41, 5.74) is 0.645. The molecule has 1 heterocycles. The summed E-state index contributed by atoms with van der Waals surface area (Å²) in [6.07, 6.45) is 2.17. The van der Waals surface area contributed by atoms with Gasteiger partial charge >= 0.3 is 6.09 Å². The number of aromatic nitrogens is 1. The van der Waals surface area contributed by atoms with Gasteiger partial charge in [-0.25, -0.2) is 9.78 Å². The van der Waals surface area contributed by atoms with Gasteiger partial charge in [0.25, 0.3) is 0 Å². The van der Waals surface area contributed by atoms with Crippen LogP contribution in [-0.4, -0.2) is 56.9 Å². The van der Waals surface area contributed by atoms with Crippen LogP contribution in [0.4, 0.5) is 10.6 Å². The number of nitrogens with zero attached hydrogens (tertiary/aromatic N) is 3. The number of hydrogen-bond donors (Lipinski definition) is 3. The summed E-state index contributed by atoms with van der Waals surface area (Å²) < 4.78 is 5.19. The SMILES string of the molecule is CN=C(NCCCNC(=O)OC(C)(C)C)NCc1ccnc(N(C)C)c1.I. The van der Waals surface area contributed by atoms with Crippen LogP contribution in [-0.2, 0) is 11.3 Å². The lowest BCUT2D eigenvalue weighted by Gasteiger charge is -2.19. The number of halogens is 1. The minimum atomic E-state index is -0.478. The molecule has 154 valence electrons. The van der Waals surface area contributed by atoms with Gasteiger partial charge in [0, 0.05) is 47.0 Å². The van der Waals surface area contributed by atoms with Crippen LogP contribution in [0.5, 0.6) is 0 Å². The predicted octanol–water partition coefficient (Wildman–Crippen LogP) is 2.35. The van der Waals surface area contributed by atoms with Gasteiger partial charge in [-0.15, -0.1) is 24.0 Å². The second-order valence-corrected chi connectivity index (χ2v) is 7.05. The molecule has 3 N–H and O–H groups in total. The molecule has 0 aliphatic carbocycles. The highest BCUT2D eigenvalue weighted by Gasteiger charge is 2.15. The molecule has 0 unspecified atom stereocenters. The Hall–Kier alpha value is -1.78. The smallest absolute Gasteiger partial charge is 0.407 e. The van der Waals surface area contributed by atoms with Crippen LogP contribution < -0.4 is 20.9 Å². The number of carbonyl (C=O) groups excluding carboxylic acids is 1. The first-order valence-corrected chi connectivity index (χ1v) is 8.75. The molecule has 0 aliphatic rings. The fourth-order valence-electron chi connectivity index (χ4n) is 2.02. The van der Waals surface area contributed by atoms with Crippen LogP contribution in [0.1, 0.15) is 32.8 Å². The van der Waals surface area contributed by atoms with Crippen molar-refractivity contribution in [2.45, 2.75) is 39.3 Å². The van der Waals surface area contributed by atoms with Crippen molar-refractivity contribution in [2.24, 2.45) is 4.99 Å². The number of carbonyl (C=O) groups is 1. The Morgan fingerprint density at radius 3 is 2.48 bits per heavy atom. The molecule has 1 aromatic heterocycles. The number of pyridine rings is 1. The maximum absolute atomic E-state index is 11.5. The van der Waals surface area contributed by atoms with E-state index in [1.54, 1.807) is 13.2 Å². The summed E-state index contributed by atoms with van der Waals surface area (Å²) in [5.74, 6) is 1.63. The Kier molecular flexibility index (Phi) is 11.7. The fraction of sp³-hybridized carbons (Fsp3) is 0.611. The Morgan fingerprint density at radius 1 is 1.22 bits per heavy atom. The summed E-state index contributed by atoms with van der Waals surface area (Å²) in [5, 5.41) is 9.22. The van der Waals surface area contributed by atoms with Gasteiger partial charge in [-0.1, -0.05) is 0 Å². The van der Waals surface area contributed by atoms with E-state index >= 15 is 0 Å². The summed E-state index contributed by atoms with van der Waals surface area (Å²) in [6, 6.07) is 4.00. The van der Waals surface area contributed by atoms with Gasteiger partial charge in [0.1, 0.15) is 11.4 Å². The minimum Gasteiger partial charge on any atom is -0.444 e. The number of hydrogen-bond acceptors (Lipinski definition) is 5. The van der Waals surface area contributed by atoms with Crippen molar-refractivity contribution in [1.82, 2.24) is 20.9 Å². The number of anilines is 1. The Labute approximate surface area is 179 Å². The summed E-state index contributed by atoms with van der Waals surface area (Å²) in [7, 11) is 5.66. The Balaban J connectivity index is 0.00000676. The molecule has 9 heteroatoms. The lowest BCUT2D eigenvalue weighted by molar-refractivity contribution is 0.0527. The summed E-state index contributed by atoms with van der Waals surface area (Å²) in [6.45, 7) is 7.40. The van der Waals surface area contributed by atoms with Crippen LogP contribution in [0.3, 0.4) is 0 Å². The lowest BCUT2D eigenvalue weighted by Crippen LogP contribution is -2.39. The number of aliphatic imine (C=N–C) groups is 1. The molecular weight excluding hydrogens is 459 g/mol. The number of guanidine groups is 1. The largest absolute Gasteiger partial charge is 0.444 e. The van der Waals surface area contributed by atoms with Crippen molar-refractivity contribution < 1.29 is 9.53 Å². The molecule has 1 aromatic rings. The molecule has 0 fully saturated rings. The van der Waals surface area contributed by atoms with Crippen molar-refractivity contribution in [3.8, 4) is 0 Å². The zero-order valence-corrected chi connectivity index (χ0v) is 19.5. The van der Waals surface area contributed by atoms with E-state index in [0.29, 0.717) is 25.6 Å². The molecule has 1 amide bonds. The van der Waals surface area contributed by atoms with Crippen LogP contribution in [0, 0.1) is 0 Å². The van der Waals surface area contributed by atoms with Crippen molar-refractivity contribution in [3.63, 3.8) is 0 Å². The molecule has 0 spiro atoms. The van der Waals surface area contributed by atoms with Gasteiger partial charge in [-0.2, -0.15) is 0 Å². The first-order valence-electron chi connectivity index (χ1n) is 8.75. The van der Waals surface area contributed by atoms with Gasteiger partial charge in [-0.05, 0) is 44.9 Å². The Bertz CT molecular complexity index is 602. The zero-order chi connectivity index (χ0) is 19.6. The molecule has 0 atom stereocenters. The standard InChI is InChI=1S/C18H32N6O2.HI/c1-18(2,3)26-17(25)22-10-7-9-21-16(19-4)23-13-14-8-11-20-15(12-14)24(5)6;/h8,11-12H,7,9-10,13H2,1-6H3,(H,22,25)(H2,19,21,23);1H. The first kappa shape index (κ1) is 25.2. The third kappa shape index (κ3) is 11.5. The molecule has 27 heavy (non-hydrogen) atoms. The molecular formula is C18H33IN6O2. The molecule has 0 saturated heterocycles. The Morgan fingerprint density at radius 2 is 1.89 bits per heavy atom. The van der Waals surface area contributed by atoms with Crippen molar-refractivity contribution in [1.29, 1.82) is 0 Å². The van der Waals surface area contributed by atoms with Gasteiger partial charge in [0.15, 0.2) is 5.96 Å². The second kappa shape index (κ2) is 12.6. The van der Waals surface area contributed by atoms with Crippen molar-refractivity contribution in [3.05, 3.63) is 23.9 Å². The average molecular weight is 492 g/mol. The number of ether oxygens (including phenoxy) is 1. The fourth-order valence-corrected chi connectivity index (χ4v) is 2.02. The zero-order valence-electron chi connectivity index (χ0n) is 17.1. The average Bonchev–Trinajstić information content (AvgIpc) is 2.56. The molecule has 0 aliphatic heterocycles. The van der Waals surface area contributed by atoms with E-state index in [-0.39, 0.29) is 24.0 Å². The van der Waals surface area contributed by atoms with Crippen LogP contribution >= 0.6 is 24.0 Å². The highest BCUT2D eigenvalue weighted by molar-refractivity contribution is 14.0. The molecule has 0 saturated carbocycles. The molecule has 1 rings (SSSR count). The number of nitrogens with one attached hydrogen (secondary N) is 3. The van der Waals surface area contributed by atoms with Crippen molar-refractivity contribution >= 4 is 41.8 Å². The van der Waals surface area contributed by atoms with Gasteiger partial charge in [0.2, 0.25) is 0 Å². The topological polar surface area (TPSA) is 90.9 Å². The number of alkyl carbamates (subject to hydrolysis) is 1. The number of rotatable bonds is 7. The molecule has 0 radical (unpaired) electrons. The van der Waals surface area contributed by atoms with Crippen LogP contribution in [0.15, 0.2) is 23.3 Å². The third-order valence-corrected chi connectivity index (χ3v) is 3.27. The monoisotopic (exact) mass is 492 g/mol. The third-order valence-electron chi connectivity index (χ3n) is 3.27. The van der Waals surface area contributed by atoms with Gasteiger partial charge in [-0.3, -0.25) is 4.99 Å². The minimum absolute atomic E-state index is 0. The maximum Gasteiger partial charge on any atom is 0.407 e. The normalized spacial score (nSPS) is 11.3. The molecule has 0 bridgehead atoms.